The maximum Gasteiger partial charge on any atom is 0.251 e. The number of nitrogens with zero attached hydrogens (tertiary/aromatic N) is 1. The van der Waals surface area contributed by atoms with Crippen LogP contribution >= 0.6 is 0 Å². The Balaban J connectivity index is 0.00000280. The number of hydrogen-bond donors (Lipinski definition) is 2. The summed E-state index contributed by atoms with van der Waals surface area (Å²) >= 11 is 0. The molecule has 2 amide bonds. The van der Waals surface area contributed by atoms with Crippen LogP contribution in [-0.2, 0) is 16.1 Å². The van der Waals surface area contributed by atoms with Gasteiger partial charge in [-0.1, -0.05) is 51.3 Å². The molecule has 2 N–H and O–H groups in total. The summed E-state index contributed by atoms with van der Waals surface area (Å²) in [5, 5.41) is 5.97. The Labute approximate surface area is 226 Å². The lowest BCUT2D eigenvalue weighted by Gasteiger charge is -2.40. The molecule has 0 bridgehead atoms. The number of amides is 2. The summed E-state index contributed by atoms with van der Waals surface area (Å²) in [5.74, 6) is -1.36. The van der Waals surface area contributed by atoms with Crippen LogP contribution in [0.25, 0.3) is 0 Å². The number of benzene rings is 2. The Hall–Kier alpha value is -3.13. The van der Waals surface area contributed by atoms with E-state index in [0.717, 1.165) is 37.3 Å². The van der Waals surface area contributed by atoms with Crippen molar-refractivity contribution in [2.75, 3.05) is 19.6 Å². The monoisotopic (exact) mass is 529 g/mol. The van der Waals surface area contributed by atoms with E-state index in [1.807, 2.05) is 32.0 Å². The molecule has 2 aromatic rings. The van der Waals surface area contributed by atoms with Gasteiger partial charge in [0.15, 0.2) is 5.78 Å². The summed E-state index contributed by atoms with van der Waals surface area (Å²) in [5.41, 5.74) is 1.80. The Kier molecular flexibility index (Phi) is 9.26. The minimum absolute atomic E-state index is 0. The Morgan fingerprint density at radius 1 is 1.03 bits per heavy atom. The summed E-state index contributed by atoms with van der Waals surface area (Å²) in [6.45, 7) is 5.02. The second-order valence-corrected chi connectivity index (χ2v) is 10.9. The van der Waals surface area contributed by atoms with Crippen LogP contribution in [0.1, 0.15) is 76.2 Å². The van der Waals surface area contributed by atoms with Gasteiger partial charge in [0.1, 0.15) is 11.6 Å². The van der Waals surface area contributed by atoms with Crippen LogP contribution in [-0.4, -0.2) is 48.2 Å². The average molecular weight is 530 g/mol. The molecule has 1 saturated carbocycles. The largest absolute Gasteiger partial charge is 0.342 e. The van der Waals surface area contributed by atoms with Crippen LogP contribution in [0.3, 0.4) is 0 Å². The fourth-order valence-corrected chi connectivity index (χ4v) is 5.38. The van der Waals surface area contributed by atoms with Gasteiger partial charge in [0.25, 0.3) is 5.91 Å². The molecule has 2 aromatic carbocycles. The lowest BCUT2D eigenvalue weighted by molar-refractivity contribution is -0.134. The third-order valence-corrected chi connectivity index (χ3v) is 7.74. The van der Waals surface area contributed by atoms with Gasteiger partial charge >= 0.3 is 0 Å². The molecule has 0 radical (unpaired) electrons. The normalized spacial score (nSPS) is 17.2. The van der Waals surface area contributed by atoms with Gasteiger partial charge < -0.3 is 15.5 Å². The Morgan fingerprint density at radius 2 is 1.76 bits per heavy atom. The molecule has 1 aliphatic carbocycles. The molecular formula is C30H41F2N3O3. The molecule has 38 heavy (non-hydrogen) atoms. The summed E-state index contributed by atoms with van der Waals surface area (Å²) in [6.07, 6.45) is 5.28. The van der Waals surface area contributed by atoms with Crippen LogP contribution in [0.5, 0.6) is 0 Å². The standard InChI is InChI=1S/C30H37F2N3O3.2H2/c1-19(2)29(37)28(20-7-4-3-5-8-20)34-30(38)22-10-6-9-21(13-22)24-17-35(18-24)27(36)16-33-15-23-11-12-25(31)14-26(23)32;;/h6,9-14,19-20,24,28,33H,3-5,7-8,15-18H2,1-2H3,(H,34,38);2*1H/t28-;;/m1../s1. The van der Waals surface area contributed by atoms with Crippen LogP contribution in [0.2, 0.25) is 0 Å². The lowest BCUT2D eigenvalue weighted by atomic mass is 9.80. The summed E-state index contributed by atoms with van der Waals surface area (Å²) in [7, 11) is 0. The van der Waals surface area contributed by atoms with Crippen molar-refractivity contribution in [2.24, 2.45) is 11.8 Å². The molecule has 8 heteroatoms. The smallest absolute Gasteiger partial charge is 0.251 e. The van der Waals surface area contributed by atoms with Gasteiger partial charge in [-0.15, -0.1) is 0 Å². The van der Waals surface area contributed by atoms with Crippen molar-refractivity contribution in [1.29, 1.82) is 0 Å². The SMILES string of the molecule is CC(C)C(=O)[C@H](NC(=O)c1cccc(C2CN(C(=O)CNCc3ccc(F)cc3F)C2)c1)C1CCCCC1.[HH].[HH]. The number of rotatable bonds is 10. The third-order valence-electron chi connectivity index (χ3n) is 7.74. The highest BCUT2D eigenvalue weighted by atomic mass is 19.1. The van der Waals surface area contributed by atoms with E-state index in [-0.39, 0.29) is 51.3 Å². The first-order valence-corrected chi connectivity index (χ1v) is 13.6. The van der Waals surface area contributed by atoms with Gasteiger partial charge in [-0.3, -0.25) is 14.4 Å². The van der Waals surface area contributed by atoms with E-state index in [4.69, 9.17) is 0 Å². The highest BCUT2D eigenvalue weighted by Gasteiger charge is 2.34. The maximum atomic E-state index is 13.8. The van der Waals surface area contributed by atoms with Gasteiger partial charge in [0.05, 0.1) is 12.6 Å². The number of Topliss-reactive ketones (excluding diaryl/α,β-unsaturated/α-hetero) is 1. The Morgan fingerprint density at radius 3 is 2.45 bits per heavy atom. The predicted octanol–water partition coefficient (Wildman–Crippen LogP) is 5.08. The minimum Gasteiger partial charge on any atom is -0.342 e. The zero-order valence-electron chi connectivity index (χ0n) is 22.1. The van der Waals surface area contributed by atoms with Crippen molar-refractivity contribution in [2.45, 2.75) is 64.5 Å². The van der Waals surface area contributed by atoms with E-state index in [1.165, 1.54) is 18.6 Å². The zero-order valence-corrected chi connectivity index (χ0v) is 22.1. The third kappa shape index (κ3) is 6.84. The molecule has 2 aliphatic rings. The molecule has 6 nitrogen and oxygen atoms in total. The second-order valence-electron chi connectivity index (χ2n) is 10.9. The second kappa shape index (κ2) is 12.6. The lowest BCUT2D eigenvalue weighted by Crippen LogP contribution is -2.51. The summed E-state index contributed by atoms with van der Waals surface area (Å²) in [6, 6.07) is 10.3. The summed E-state index contributed by atoms with van der Waals surface area (Å²) < 4.78 is 26.8. The fourth-order valence-electron chi connectivity index (χ4n) is 5.38. The maximum absolute atomic E-state index is 13.8. The minimum atomic E-state index is -0.642. The highest BCUT2D eigenvalue weighted by Crippen LogP contribution is 2.30. The number of nitrogens with one attached hydrogen (secondary N) is 2. The van der Waals surface area contributed by atoms with Crippen LogP contribution in [0.4, 0.5) is 8.78 Å². The predicted molar refractivity (Wildman–Crippen MR) is 146 cm³/mol. The van der Waals surface area contributed by atoms with Gasteiger partial charge in [-0.2, -0.15) is 0 Å². The van der Waals surface area contributed by atoms with E-state index in [1.54, 1.807) is 11.0 Å². The first-order valence-electron chi connectivity index (χ1n) is 13.6. The number of hydrogen-bond acceptors (Lipinski definition) is 4. The van der Waals surface area contributed by atoms with Gasteiger partial charge in [-0.25, -0.2) is 8.78 Å². The van der Waals surface area contributed by atoms with Crippen molar-refractivity contribution < 1.29 is 26.0 Å². The number of carbonyl (C=O) groups is 3. The quantitative estimate of drug-likeness (QED) is 0.450. The van der Waals surface area contributed by atoms with Crippen molar-refractivity contribution in [3.05, 3.63) is 70.8 Å². The molecule has 1 heterocycles. The van der Waals surface area contributed by atoms with Crippen molar-refractivity contribution >= 4 is 17.6 Å². The molecule has 0 aromatic heterocycles. The molecule has 208 valence electrons. The van der Waals surface area contributed by atoms with Crippen LogP contribution < -0.4 is 10.6 Å². The molecule has 1 atom stereocenters. The molecule has 0 spiro atoms. The topological polar surface area (TPSA) is 78.5 Å². The molecular weight excluding hydrogens is 488 g/mol. The summed E-state index contributed by atoms with van der Waals surface area (Å²) in [4.78, 5) is 40.3. The highest BCUT2D eigenvalue weighted by molar-refractivity contribution is 5.98. The van der Waals surface area contributed by atoms with E-state index in [9.17, 15) is 23.2 Å². The molecule has 0 unspecified atom stereocenters. The fraction of sp³-hybridized carbons (Fsp3) is 0.500. The number of halogens is 2. The molecule has 4 rings (SSSR count). The van der Waals surface area contributed by atoms with Crippen LogP contribution in [0.15, 0.2) is 42.5 Å². The number of ketones is 1. The van der Waals surface area contributed by atoms with E-state index >= 15 is 0 Å². The van der Waals surface area contributed by atoms with E-state index in [0.29, 0.717) is 24.2 Å². The van der Waals surface area contributed by atoms with Gasteiger partial charge in [-0.05, 0) is 42.5 Å². The van der Waals surface area contributed by atoms with Gasteiger partial charge in [0.2, 0.25) is 5.91 Å². The van der Waals surface area contributed by atoms with Gasteiger partial charge in [0, 0.05) is 51.5 Å². The van der Waals surface area contributed by atoms with Crippen molar-refractivity contribution in [1.82, 2.24) is 15.5 Å². The molecule has 1 saturated heterocycles. The number of likely N-dealkylation sites (tertiary alicyclic amines) is 1. The van der Waals surface area contributed by atoms with Crippen LogP contribution in [0, 0.1) is 23.5 Å². The van der Waals surface area contributed by atoms with E-state index < -0.39 is 17.7 Å². The van der Waals surface area contributed by atoms with Crippen molar-refractivity contribution in [3.63, 3.8) is 0 Å². The average Bonchev–Trinajstić information content (AvgIpc) is 2.88. The Bertz CT molecular complexity index is 1170. The first-order chi connectivity index (χ1) is 18.2. The van der Waals surface area contributed by atoms with Crippen molar-refractivity contribution in [3.8, 4) is 0 Å². The number of carbonyl (C=O) groups excluding carboxylic acids is 3. The first kappa shape index (κ1) is 27.9. The van der Waals surface area contributed by atoms with E-state index in [2.05, 4.69) is 10.6 Å². The molecule has 2 fully saturated rings. The zero-order chi connectivity index (χ0) is 27.2. The molecule has 1 aliphatic heterocycles.